The van der Waals surface area contributed by atoms with Crippen LogP contribution >= 0.6 is 22.9 Å². The van der Waals surface area contributed by atoms with Gasteiger partial charge in [0.1, 0.15) is 5.82 Å². The second-order valence-electron chi connectivity index (χ2n) is 3.17. The zero-order chi connectivity index (χ0) is 12.4. The van der Waals surface area contributed by atoms with E-state index in [2.05, 4.69) is 10.3 Å². The van der Waals surface area contributed by atoms with Crippen LogP contribution in [0.2, 0.25) is 5.02 Å². The van der Waals surface area contributed by atoms with Crippen LogP contribution < -0.4 is 5.32 Å². The maximum absolute atomic E-state index is 10.9. The molecule has 0 amide bonds. The fraction of sp³-hybridized carbons (Fsp3) is 0.100. The van der Waals surface area contributed by atoms with Gasteiger partial charge in [-0.2, -0.15) is 0 Å². The van der Waals surface area contributed by atoms with E-state index in [0.717, 1.165) is 0 Å². The standard InChI is InChI=1S/C10H8ClN3O2S/c1-12-8-3-2-7(14(15)16)9(13-8)10-6(11)4-5-17-10/h2-5H,1H3,(H,12,13). The van der Waals surface area contributed by atoms with E-state index >= 15 is 0 Å². The molecule has 17 heavy (non-hydrogen) atoms. The van der Waals surface area contributed by atoms with Gasteiger partial charge in [0, 0.05) is 13.1 Å². The Morgan fingerprint density at radius 1 is 1.47 bits per heavy atom. The molecule has 0 unspecified atom stereocenters. The van der Waals surface area contributed by atoms with E-state index in [-0.39, 0.29) is 5.69 Å². The van der Waals surface area contributed by atoms with E-state index in [9.17, 15) is 10.1 Å². The van der Waals surface area contributed by atoms with Crippen molar-refractivity contribution in [1.29, 1.82) is 0 Å². The van der Waals surface area contributed by atoms with E-state index in [4.69, 9.17) is 11.6 Å². The van der Waals surface area contributed by atoms with Crippen LogP contribution in [0.25, 0.3) is 10.6 Å². The maximum atomic E-state index is 10.9. The minimum absolute atomic E-state index is 0.0478. The quantitative estimate of drug-likeness (QED) is 0.685. The molecule has 0 saturated heterocycles. The summed E-state index contributed by atoms with van der Waals surface area (Å²) in [5, 5.41) is 16.0. The van der Waals surface area contributed by atoms with Gasteiger partial charge in [-0.25, -0.2) is 4.98 Å². The third-order valence-electron chi connectivity index (χ3n) is 2.16. The number of halogens is 1. The third kappa shape index (κ3) is 2.22. The smallest absolute Gasteiger partial charge is 0.296 e. The SMILES string of the molecule is CNc1ccc([N+](=O)[O-])c(-c2sccc2Cl)n1. The first-order valence-electron chi connectivity index (χ1n) is 4.70. The molecule has 0 atom stereocenters. The molecule has 0 bridgehead atoms. The highest BCUT2D eigenvalue weighted by molar-refractivity contribution is 7.14. The predicted molar refractivity (Wildman–Crippen MR) is 68.8 cm³/mol. The molecule has 2 heterocycles. The molecular weight excluding hydrogens is 262 g/mol. The largest absolute Gasteiger partial charge is 0.373 e. The summed E-state index contributed by atoms with van der Waals surface area (Å²) in [6.45, 7) is 0. The molecule has 0 fully saturated rings. The van der Waals surface area contributed by atoms with E-state index in [1.807, 2.05) is 0 Å². The molecule has 2 aromatic rings. The molecule has 0 aliphatic rings. The Balaban J connectivity index is 2.65. The van der Waals surface area contributed by atoms with E-state index in [1.54, 1.807) is 24.6 Å². The molecule has 2 aromatic heterocycles. The molecule has 88 valence electrons. The number of nitrogens with one attached hydrogen (secondary N) is 1. The number of hydrogen-bond acceptors (Lipinski definition) is 5. The summed E-state index contributed by atoms with van der Waals surface area (Å²) in [5.41, 5.74) is 0.246. The van der Waals surface area contributed by atoms with Crippen LogP contribution in [-0.2, 0) is 0 Å². The van der Waals surface area contributed by atoms with Gasteiger partial charge in [0.25, 0.3) is 5.69 Å². The normalized spacial score (nSPS) is 10.2. The van der Waals surface area contributed by atoms with Gasteiger partial charge >= 0.3 is 0 Å². The Bertz CT molecular complexity index is 570. The van der Waals surface area contributed by atoms with Crippen molar-refractivity contribution in [2.24, 2.45) is 0 Å². The van der Waals surface area contributed by atoms with Crippen LogP contribution in [-0.4, -0.2) is 17.0 Å². The molecule has 0 radical (unpaired) electrons. The van der Waals surface area contributed by atoms with Crippen molar-refractivity contribution >= 4 is 34.4 Å². The van der Waals surface area contributed by atoms with Crippen molar-refractivity contribution in [1.82, 2.24) is 4.98 Å². The molecule has 2 rings (SSSR count). The predicted octanol–water partition coefficient (Wildman–Crippen LogP) is 3.41. The van der Waals surface area contributed by atoms with E-state index in [0.29, 0.717) is 21.4 Å². The molecular formula is C10H8ClN3O2S. The Morgan fingerprint density at radius 3 is 2.76 bits per heavy atom. The van der Waals surface area contributed by atoms with Gasteiger partial charge in [0.2, 0.25) is 0 Å². The first kappa shape index (κ1) is 11.8. The lowest BCUT2D eigenvalue weighted by Crippen LogP contribution is -1.98. The van der Waals surface area contributed by atoms with E-state index < -0.39 is 4.92 Å². The molecule has 0 aliphatic carbocycles. The Morgan fingerprint density at radius 2 is 2.24 bits per heavy atom. The van der Waals surface area contributed by atoms with Crippen molar-refractivity contribution in [2.75, 3.05) is 12.4 Å². The Kier molecular flexibility index (Phi) is 3.26. The van der Waals surface area contributed by atoms with Crippen molar-refractivity contribution in [3.05, 3.63) is 38.7 Å². The highest BCUT2D eigenvalue weighted by Crippen LogP contribution is 2.37. The number of nitro groups is 1. The van der Waals surface area contributed by atoms with Gasteiger partial charge in [-0.3, -0.25) is 10.1 Å². The fourth-order valence-electron chi connectivity index (χ4n) is 1.37. The van der Waals surface area contributed by atoms with Crippen LogP contribution in [0.3, 0.4) is 0 Å². The minimum atomic E-state index is -0.460. The molecule has 7 heteroatoms. The molecule has 0 aliphatic heterocycles. The van der Waals surface area contributed by atoms with Gasteiger partial charge < -0.3 is 5.32 Å². The Hall–Kier alpha value is -1.66. The first-order chi connectivity index (χ1) is 8.13. The number of anilines is 1. The van der Waals surface area contributed by atoms with Gasteiger partial charge in [-0.05, 0) is 17.5 Å². The van der Waals surface area contributed by atoms with E-state index in [1.165, 1.54) is 17.4 Å². The van der Waals surface area contributed by atoms with Crippen LogP contribution in [0.5, 0.6) is 0 Å². The molecule has 0 spiro atoms. The minimum Gasteiger partial charge on any atom is -0.373 e. The Labute approximate surface area is 106 Å². The second kappa shape index (κ2) is 4.68. The van der Waals surface area contributed by atoms with Crippen molar-refractivity contribution in [2.45, 2.75) is 0 Å². The molecule has 0 aromatic carbocycles. The molecule has 1 N–H and O–H groups in total. The van der Waals surface area contributed by atoms with Crippen molar-refractivity contribution in [3.8, 4) is 10.6 Å². The number of rotatable bonds is 3. The zero-order valence-electron chi connectivity index (χ0n) is 8.81. The summed E-state index contributed by atoms with van der Waals surface area (Å²) in [6, 6.07) is 4.67. The topological polar surface area (TPSA) is 68.1 Å². The summed E-state index contributed by atoms with van der Waals surface area (Å²) >= 11 is 7.30. The van der Waals surface area contributed by atoms with Gasteiger partial charge in [-0.1, -0.05) is 11.6 Å². The fourth-order valence-corrected chi connectivity index (χ4v) is 2.51. The van der Waals surface area contributed by atoms with Gasteiger partial charge in [0.15, 0.2) is 5.69 Å². The average molecular weight is 270 g/mol. The third-order valence-corrected chi connectivity index (χ3v) is 3.51. The lowest BCUT2D eigenvalue weighted by Gasteiger charge is -2.04. The number of nitrogens with zero attached hydrogens (tertiary/aromatic N) is 2. The van der Waals surface area contributed by atoms with Crippen LogP contribution in [0, 0.1) is 10.1 Å². The van der Waals surface area contributed by atoms with Gasteiger partial charge in [0.05, 0.1) is 14.8 Å². The first-order valence-corrected chi connectivity index (χ1v) is 5.96. The number of hydrogen-bond donors (Lipinski definition) is 1. The lowest BCUT2D eigenvalue weighted by atomic mass is 10.2. The highest BCUT2D eigenvalue weighted by Gasteiger charge is 2.20. The lowest BCUT2D eigenvalue weighted by molar-refractivity contribution is -0.384. The molecule has 0 saturated carbocycles. The number of thiophene rings is 1. The summed E-state index contributed by atoms with van der Waals surface area (Å²) < 4.78 is 0. The maximum Gasteiger partial charge on any atom is 0.296 e. The monoisotopic (exact) mass is 269 g/mol. The van der Waals surface area contributed by atoms with Crippen molar-refractivity contribution in [3.63, 3.8) is 0 Å². The number of aromatic nitrogens is 1. The summed E-state index contributed by atoms with van der Waals surface area (Å²) in [7, 11) is 1.70. The summed E-state index contributed by atoms with van der Waals surface area (Å²) in [6.07, 6.45) is 0. The number of pyridine rings is 1. The molecule has 5 nitrogen and oxygen atoms in total. The average Bonchev–Trinajstić information content (AvgIpc) is 2.74. The summed E-state index contributed by atoms with van der Waals surface area (Å²) in [5.74, 6) is 0.565. The highest BCUT2D eigenvalue weighted by atomic mass is 35.5. The zero-order valence-corrected chi connectivity index (χ0v) is 10.4. The van der Waals surface area contributed by atoms with Crippen LogP contribution in [0.1, 0.15) is 0 Å². The summed E-state index contributed by atoms with van der Waals surface area (Å²) in [4.78, 5) is 15.3. The van der Waals surface area contributed by atoms with Gasteiger partial charge in [-0.15, -0.1) is 11.3 Å². The van der Waals surface area contributed by atoms with Crippen LogP contribution in [0.15, 0.2) is 23.6 Å². The van der Waals surface area contributed by atoms with Crippen molar-refractivity contribution < 1.29 is 4.92 Å². The van der Waals surface area contributed by atoms with Crippen LogP contribution in [0.4, 0.5) is 11.5 Å². The second-order valence-corrected chi connectivity index (χ2v) is 4.49.